The van der Waals surface area contributed by atoms with Crippen LogP contribution in [0.15, 0.2) is 12.1 Å². The third-order valence-electron chi connectivity index (χ3n) is 6.19. The van der Waals surface area contributed by atoms with Gasteiger partial charge in [-0.05, 0) is 44.5 Å². The molecule has 3 aliphatic rings. The number of piperazine rings is 1. The fourth-order valence-electron chi connectivity index (χ4n) is 4.46. The standard InChI is InChI=1S/C21H27F2N5O3.ClH/c22-15-11-14(25-17-1-2-18(29)26-20(17)30)12-16(23)19(15)27-7-9-28(10-8-27)21(31)13-3-5-24-6-4-13;/h11-13,17,24-25H,1-10H2,(H,26,29,30);1H. The Morgan fingerprint density at radius 3 is 2.22 bits per heavy atom. The molecular formula is C21H28ClF2N5O3. The number of hydrogen-bond donors (Lipinski definition) is 3. The first-order chi connectivity index (χ1) is 14.9. The van der Waals surface area contributed by atoms with Gasteiger partial charge in [0.2, 0.25) is 17.7 Å². The Kier molecular flexibility index (Phi) is 7.89. The smallest absolute Gasteiger partial charge is 0.249 e. The minimum Gasteiger partial charge on any atom is -0.373 e. The van der Waals surface area contributed by atoms with Crippen LogP contribution < -0.4 is 20.9 Å². The molecule has 8 nitrogen and oxygen atoms in total. The maximum atomic E-state index is 14.8. The molecule has 11 heteroatoms. The first-order valence-corrected chi connectivity index (χ1v) is 10.8. The van der Waals surface area contributed by atoms with Gasteiger partial charge in [-0.25, -0.2) is 8.78 Å². The van der Waals surface area contributed by atoms with E-state index in [1.54, 1.807) is 9.80 Å². The second-order valence-corrected chi connectivity index (χ2v) is 8.27. The summed E-state index contributed by atoms with van der Waals surface area (Å²) in [6.45, 7) is 3.24. The number of halogens is 3. The molecular weight excluding hydrogens is 444 g/mol. The molecule has 3 amide bonds. The number of nitrogens with zero attached hydrogens (tertiary/aromatic N) is 2. The summed E-state index contributed by atoms with van der Waals surface area (Å²) in [6, 6.07) is 1.61. The third kappa shape index (κ3) is 5.29. The first-order valence-electron chi connectivity index (χ1n) is 10.8. The molecule has 1 aromatic rings. The SMILES string of the molecule is Cl.O=C1CCC(Nc2cc(F)c(N3CCN(C(=O)C4CCNCC4)CC3)c(F)c2)C(=O)N1. The quantitative estimate of drug-likeness (QED) is 0.572. The largest absolute Gasteiger partial charge is 0.373 e. The summed E-state index contributed by atoms with van der Waals surface area (Å²) in [5.74, 6) is -2.16. The zero-order valence-corrected chi connectivity index (χ0v) is 18.5. The van der Waals surface area contributed by atoms with Crippen molar-refractivity contribution in [1.82, 2.24) is 15.5 Å². The molecule has 0 aliphatic carbocycles. The van der Waals surface area contributed by atoms with Crippen LogP contribution in [0.2, 0.25) is 0 Å². The van der Waals surface area contributed by atoms with Gasteiger partial charge in [0, 0.05) is 44.2 Å². The van der Waals surface area contributed by atoms with E-state index in [9.17, 15) is 23.2 Å². The molecule has 3 saturated heterocycles. The molecule has 0 spiro atoms. The predicted molar refractivity (Wildman–Crippen MR) is 118 cm³/mol. The number of piperidine rings is 2. The van der Waals surface area contributed by atoms with Gasteiger partial charge < -0.3 is 20.4 Å². The van der Waals surface area contributed by atoms with Crippen LogP contribution in [0.3, 0.4) is 0 Å². The minimum absolute atomic E-state index is 0. The molecule has 32 heavy (non-hydrogen) atoms. The van der Waals surface area contributed by atoms with E-state index in [0.717, 1.165) is 38.1 Å². The monoisotopic (exact) mass is 471 g/mol. The molecule has 176 valence electrons. The Labute approximate surface area is 191 Å². The summed E-state index contributed by atoms with van der Waals surface area (Å²) in [7, 11) is 0. The zero-order chi connectivity index (χ0) is 22.0. The molecule has 3 fully saturated rings. The highest BCUT2D eigenvalue weighted by molar-refractivity contribution is 6.01. The number of benzene rings is 1. The summed E-state index contributed by atoms with van der Waals surface area (Å²) in [4.78, 5) is 39.2. The molecule has 0 radical (unpaired) electrons. The number of hydrogen-bond acceptors (Lipinski definition) is 6. The van der Waals surface area contributed by atoms with Crippen molar-refractivity contribution in [3.63, 3.8) is 0 Å². The van der Waals surface area contributed by atoms with Crippen molar-refractivity contribution >= 4 is 41.5 Å². The van der Waals surface area contributed by atoms with E-state index < -0.39 is 23.6 Å². The molecule has 0 aromatic heterocycles. The molecule has 4 rings (SSSR count). The fraction of sp³-hybridized carbons (Fsp3) is 0.571. The number of anilines is 2. The van der Waals surface area contributed by atoms with E-state index in [2.05, 4.69) is 16.0 Å². The van der Waals surface area contributed by atoms with Crippen molar-refractivity contribution in [2.45, 2.75) is 31.7 Å². The lowest BCUT2D eigenvalue weighted by molar-refractivity contribution is -0.137. The van der Waals surface area contributed by atoms with Crippen molar-refractivity contribution in [2.75, 3.05) is 49.5 Å². The van der Waals surface area contributed by atoms with Gasteiger partial charge in [0.1, 0.15) is 11.7 Å². The van der Waals surface area contributed by atoms with Gasteiger partial charge >= 0.3 is 0 Å². The van der Waals surface area contributed by atoms with Gasteiger partial charge in [-0.3, -0.25) is 19.7 Å². The number of carbonyl (C=O) groups excluding carboxylic acids is 3. The predicted octanol–water partition coefficient (Wildman–Crippen LogP) is 1.25. The average molecular weight is 472 g/mol. The molecule has 1 aromatic carbocycles. The van der Waals surface area contributed by atoms with Gasteiger partial charge in [-0.15, -0.1) is 12.4 Å². The van der Waals surface area contributed by atoms with Crippen LogP contribution in [0.5, 0.6) is 0 Å². The van der Waals surface area contributed by atoms with E-state index in [-0.39, 0.29) is 54.4 Å². The maximum Gasteiger partial charge on any atom is 0.249 e. The Hall–Kier alpha value is -2.46. The highest BCUT2D eigenvalue weighted by Crippen LogP contribution is 2.29. The van der Waals surface area contributed by atoms with Crippen molar-refractivity contribution in [3.8, 4) is 0 Å². The fourth-order valence-corrected chi connectivity index (χ4v) is 4.46. The number of nitrogens with one attached hydrogen (secondary N) is 3. The number of imide groups is 1. The zero-order valence-electron chi connectivity index (χ0n) is 17.7. The van der Waals surface area contributed by atoms with Crippen LogP contribution in [0.4, 0.5) is 20.2 Å². The van der Waals surface area contributed by atoms with Gasteiger partial charge in [-0.2, -0.15) is 0 Å². The van der Waals surface area contributed by atoms with Crippen molar-refractivity contribution in [2.24, 2.45) is 5.92 Å². The first kappa shape index (κ1) is 24.2. The van der Waals surface area contributed by atoms with E-state index in [1.165, 1.54) is 0 Å². The summed E-state index contributed by atoms with van der Waals surface area (Å²) >= 11 is 0. The Bertz CT molecular complexity index is 850. The van der Waals surface area contributed by atoms with Crippen LogP contribution in [0, 0.1) is 17.6 Å². The van der Waals surface area contributed by atoms with Gasteiger partial charge in [0.05, 0.1) is 0 Å². The van der Waals surface area contributed by atoms with Crippen molar-refractivity contribution in [3.05, 3.63) is 23.8 Å². The molecule has 3 aliphatic heterocycles. The Morgan fingerprint density at radius 2 is 1.62 bits per heavy atom. The van der Waals surface area contributed by atoms with Crippen LogP contribution in [0.1, 0.15) is 25.7 Å². The average Bonchev–Trinajstić information content (AvgIpc) is 2.76. The van der Waals surface area contributed by atoms with E-state index in [4.69, 9.17) is 0 Å². The highest BCUT2D eigenvalue weighted by atomic mass is 35.5. The molecule has 3 heterocycles. The molecule has 0 bridgehead atoms. The van der Waals surface area contributed by atoms with E-state index in [0.29, 0.717) is 26.2 Å². The minimum atomic E-state index is -0.729. The van der Waals surface area contributed by atoms with Crippen LogP contribution in [-0.4, -0.2) is 67.9 Å². The van der Waals surface area contributed by atoms with E-state index in [1.807, 2.05) is 0 Å². The van der Waals surface area contributed by atoms with Crippen LogP contribution >= 0.6 is 12.4 Å². The lowest BCUT2D eigenvalue weighted by atomic mass is 9.96. The van der Waals surface area contributed by atoms with Gasteiger partial charge in [0.25, 0.3) is 0 Å². The number of carbonyl (C=O) groups is 3. The van der Waals surface area contributed by atoms with Crippen LogP contribution in [0.25, 0.3) is 0 Å². The summed E-state index contributed by atoms with van der Waals surface area (Å²) in [5.41, 5.74) is 0.0239. The maximum absolute atomic E-state index is 14.8. The summed E-state index contributed by atoms with van der Waals surface area (Å²) in [6.07, 6.45) is 2.09. The van der Waals surface area contributed by atoms with Crippen molar-refractivity contribution in [1.29, 1.82) is 0 Å². The Balaban J connectivity index is 0.00000289. The number of amides is 3. The molecule has 1 unspecified atom stereocenters. The lowest BCUT2D eigenvalue weighted by Gasteiger charge is -2.38. The molecule has 3 N–H and O–H groups in total. The normalized spacial score (nSPS) is 22.2. The highest BCUT2D eigenvalue weighted by Gasteiger charge is 2.31. The molecule has 1 atom stereocenters. The van der Waals surface area contributed by atoms with Crippen molar-refractivity contribution < 1.29 is 23.2 Å². The topological polar surface area (TPSA) is 93.8 Å². The lowest BCUT2D eigenvalue weighted by Crippen LogP contribution is -2.51. The second-order valence-electron chi connectivity index (χ2n) is 8.27. The molecule has 0 saturated carbocycles. The third-order valence-corrected chi connectivity index (χ3v) is 6.19. The van der Waals surface area contributed by atoms with Gasteiger partial charge in [-0.1, -0.05) is 0 Å². The Morgan fingerprint density at radius 1 is 1.00 bits per heavy atom. The summed E-state index contributed by atoms with van der Waals surface area (Å²) in [5, 5.41) is 8.25. The second kappa shape index (κ2) is 10.4. The number of rotatable bonds is 4. The van der Waals surface area contributed by atoms with Crippen LogP contribution in [-0.2, 0) is 14.4 Å². The summed E-state index contributed by atoms with van der Waals surface area (Å²) < 4.78 is 29.6. The van der Waals surface area contributed by atoms with Gasteiger partial charge in [0.15, 0.2) is 11.6 Å². The van der Waals surface area contributed by atoms with E-state index >= 15 is 0 Å².